The minimum Gasteiger partial charge on any atom is -0.352 e. The van der Waals surface area contributed by atoms with Crippen LogP contribution in [-0.2, 0) is 0 Å². The monoisotopic (exact) mass is 452 g/mol. The van der Waals surface area contributed by atoms with Crippen molar-refractivity contribution in [1.29, 1.82) is 0 Å². The molecular weight excluding hydrogens is 420 g/mol. The highest BCUT2D eigenvalue weighted by atomic mass is 16.1. The number of aromatic amines is 1. The number of carbonyl (C=O) groups is 1. The molecule has 1 aromatic heterocycles. The van der Waals surface area contributed by atoms with Crippen molar-refractivity contribution < 1.29 is 4.79 Å². The van der Waals surface area contributed by atoms with Crippen molar-refractivity contribution in [3.63, 3.8) is 0 Å². The van der Waals surface area contributed by atoms with Gasteiger partial charge in [0, 0.05) is 35.8 Å². The number of nitrogens with zero attached hydrogens (tertiary/aromatic N) is 2. The van der Waals surface area contributed by atoms with Gasteiger partial charge in [-0.1, -0.05) is 61.0 Å². The van der Waals surface area contributed by atoms with Gasteiger partial charge in [0.15, 0.2) is 0 Å². The molecular formula is C29H32N4O. The maximum atomic E-state index is 12.6. The number of nitrogens with one attached hydrogen (secondary N) is 2. The summed E-state index contributed by atoms with van der Waals surface area (Å²) >= 11 is 0. The average molecular weight is 453 g/mol. The lowest BCUT2D eigenvalue weighted by Crippen LogP contribution is -2.39. The highest BCUT2D eigenvalue weighted by molar-refractivity contribution is 5.96. The molecule has 5 nitrogen and oxygen atoms in total. The Morgan fingerprint density at radius 3 is 2.74 bits per heavy atom. The Morgan fingerprint density at radius 2 is 1.88 bits per heavy atom. The van der Waals surface area contributed by atoms with E-state index < -0.39 is 0 Å². The van der Waals surface area contributed by atoms with Crippen LogP contribution in [0, 0.1) is 0 Å². The summed E-state index contributed by atoms with van der Waals surface area (Å²) in [6.07, 6.45) is 4.91. The van der Waals surface area contributed by atoms with Crippen LogP contribution >= 0.6 is 0 Å². The number of benzene rings is 3. The summed E-state index contributed by atoms with van der Waals surface area (Å²) in [7, 11) is 0. The molecule has 1 saturated heterocycles. The van der Waals surface area contributed by atoms with Gasteiger partial charge in [-0.2, -0.15) is 5.10 Å². The summed E-state index contributed by atoms with van der Waals surface area (Å²) in [6.45, 7) is 5.26. The van der Waals surface area contributed by atoms with Gasteiger partial charge in [-0.3, -0.25) is 9.89 Å². The SMILES string of the molecule is CC1CCCCN1CCCNC(=O)c1ccc(-c2cc(-c3cccc4ccccc34)[nH]n2)cc1. The van der Waals surface area contributed by atoms with E-state index >= 15 is 0 Å². The highest BCUT2D eigenvalue weighted by Crippen LogP contribution is 2.30. The summed E-state index contributed by atoms with van der Waals surface area (Å²) in [4.78, 5) is 15.1. The quantitative estimate of drug-likeness (QED) is 0.344. The number of likely N-dealkylation sites (tertiary alicyclic amines) is 1. The first kappa shape index (κ1) is 22.4. The number of fused-ring (bicyclic) bond motifs is 1. The Hall–Kier alpha value is -3.44. The summed E-state index contributed by atoms with van der Waals surface area (Å²) in [5.41, 5.74) is 4.65. The number of carbonyl (C=O) groups excluding carboxylic acids is 1. The molecule has 0 bridgehead atoms. The number of aromatic nitrogens is 2. The molecule has 5 heteroatoms. The van der Waals surface area contributed by atoms with Gasteiger partial charge in [-0.15, -0.1) is 0 Å². The Balaban J connectivity index is 1.20. The smallest absolute Gasteiger partial charge is 0.251 e. The zero-order chi connectivity index (χ0) is 23.3. The first-order chi connectivity index (χ1) is 16.7. The van der Waals surface area contributed by atoms with E-state index in [1.165, 1.54) is 36.6 Å². The van der Waals surface area contributed by atoms with E-state index in [0.29, 0.717) is 18.2 Å². The van der Waals surface area contributed by atoms with Crippen LogP contribution < -0.4 is 5.32 Å². The molecule has 1 fully saturated rings. The van der Waals surface area contributed by atoms with Crippen LogP contribution in [0.3, 0.4) is 0 Å². The van der Waals surface area contributed by atoms with Gasteiger partial charge in [0.1, 0.15) is 0 Å². The molecule has 1 aliphatic heterocycles. The standard InChI is InChI=1S/C29H32N4O/c1-21-8-4-5-18-33(21)19-7-17-30-29(34)24-15-13-23(14-16-24)27-20-28(32-31-27)26-12-6-10-22-9-2-3-11-25(22)26/h2-3,6,9-16,20-21H,4-5,7-8,17-19H2,1H3,(H,30,34)(H,31,32). The van der Waals surface area contributed by atoms with E-state index in [4.69, 9.17) is 0 Å². The maximum absolute atomic E-state index is 12.6. The van der Waals surface area contributed by atoms with E-state index in [2.05, 4.69) is 75.9 Å². The molecule has 1 unspecified atom stereocenters. The lowest BCUT2D eigenvalue weighted by molar-refractivity contribution is 0.0949. The number of hydrogen-bond acceptors (Lipinski definition) is 3. The van der Waals surface area contributed by atoms with Crippen molar-refractivity contribution in [2.24, 2.45) is 0 Å². The van der Waals surface area contributed by atoms with Gasteiger partial charge in [0.05, 0.1) is 11.4 Å². The topological polar surface area (TPSA) is 61.0 Å². The van der Waals surface area contributed by atoms with E-state index in [0.717, 1.165) is 35.5 Å². The second-order valence-electron chi connectivity index (χ2n) is 9.26. The van der Waals surface area contributed by atoms with Gasteiger partial charge >= 0.3 is 0 Å². The Kier molecular flexibility index (Phi) is 6.72. The number of hydrogen-bond donors (Lipinski definition) is 2. The van der Waals surface area contributed by atoms with E-state index in [-0.39, 0.29) is 5.91 Å². The Labute approximate surface area is 201 Å². The predicted octanol–water partition coefficient (Wildman–Crippen LogP) is 5.89. The fourth-order valence-electron chi connectivity index (χ4n) is 4.94. The number of amides is 1. The number of H-pyrrole nitrogens is 1. The van der Waals surface area contributed by atoms with E-state index in [9.17, 15) is 4.79 Å². The van der Waals surface area contributed by atoms with Crippen molar-refractivity contribution in [3.05, 3.63) is 78.4 Å². The molecule has 0 aliphatic carbocycles. The van der Waals surface area contributed by atoms with Gasteiger partial charge in [0.25, 0.3) is 5.91 Å². The lowest BCUT2D eigenvalue weighted by Gasteiger charge is -2.33. The molecule has 4 aromatic rings. The molecule has 1 amide bonds. The zero-order valence-electron chi connectivity index (χ0n) is 19.8. The van der Waals surface area contributed by atoms with E-state index in [1.807, 2.05) is 24.3 Å². The first-order valence-electron chi connectivity index (χ1n) is 12.4. The van der Waals surface area contributed by atoms with Gasteiger partial charge in [0.2, 0.25) is 0 Å². The van der Waals surface area contributed by atoms with Crippen molar-refractivity contribution in [1.82, 2.24) is 20.4 Å². The molecule has 2 N–H and O–H groups in total. The van der Waals surface area contributed by atoms with Crippen molar-refractivity contribution >= 4 is 16.7 Å². The van der Waals surface area contributed by atoms with Gasteiger partial charge in [-0.25, -0.2) is 0 Å². The fraction of sp³-hybridized carbons (Fsp3) is 0.310. The molecule has 34 heavy (non-hydrogen) atoms. The van der Waals surface area contributed by atoms with E-state index in [1.54, 1.807) is 0 Å². The third kappa shape index (κ3) is 4.90. The zero-order valence-corrected chi connectivity index (χ0v) is 19.8. The summed E-state index contributed by atoms with van der Waals surface area (Å²) < 4.78 is 0. The number of rotatable bonds is 7. The molecule has 1 atom stereocenters. The van der Waals surface area contributed by atoms with Crippen LogP contribution in [0.25, 0.3) is 33.3 Å². The molecule has 5 rings (SSSR count). The molecule has 3 aromatic carbocycles. The highest BCUT2D eigenvalue weighted by Gasteiger charge is 2.17. The van der Waals surface area contributed by atoms with Crippen LogP contribution in [0.1, 0.15) is 43.0 Å². The fourth-order valence-corrected chi connectivity index (χ4v) is 4.94. The second-order valence-corrected chi connectivity index (χ2v) is 9.26. The predicted molar refractivity (Wildman–Crippen MR) is 139 cm³/mol. The normalized spacial score (nSPS) is 16.6. The summed E-state index contributed by atoms with van der Waals surface area (Å²) in [5, 5.41) is 13.2. The van der Waals surface area contributed by atoms with Crippen LogP contribution in [-0.4, -0.2) is 46.7 Å². The molecule has 2 heterocycles. The van der Waals surface area contributed by atoms with Gasteiger partial charge in [-0.05, 0) is 61.7 Å². The molecule has 0 saturated carbocycles. The third-order valence-electron chi connectivity index (χ3n) is 6.95. The minimum absolute atomic E-state index is 0.0169. The molecule has 0 radical (unpaired) electrons. The summed E-state index contributed by atoms with van der Waals surface area (Å²) in [5.74, 6) is -0.0169. The van der Waals surface area contributed by atoms with Crippen LogP contribution in [0.4, 0.5) is 0 Å². The van der Waals surface area contributed by atoms with Crippen LogP contribution in [0.5, 0.6) is 0 Å². The number of piperidine rings is 1. The first-order valence-corrected chi connectivity index (χ1v) is 12.4. The largest absolute Gasteiger partial charge is 0.352 e. The van der Waals surface area contributed by atoms with Crippen LogP contribution in [0.2, 0.25) is 0 Å². The second kappa shape index (κ2) is 10.2. The Morgan fingerprint density at radius 1 is 1.06 bits per heavy atom. The van der Waals surface area contributed by atoms with Crippen molar-refractivity contribution in [2.45, 2.75) is 38.6 Å². The third-order valence-corrected chi connectivity index (χ3v) is 6.95. The summed E-state index contributed by atoms with van der Waals surface area (Å²) in [6, 6.07) is 25.1. The Bertz CT molecular complexity index is 1260. The minimum atomic E-state index is -0.0169. The lowest BCUT2D eigenvalue weighted by atomic mass is 10.0. The molecule has 1 aliphatic rings. The van der Waals surface area contributed by atoms with Crippen molar-refractivity contribution in [2.75, 3.05) is 19.6 Å². The van der Waals surface area contributed by atoms with Crippen molar-refractivity contribution in [3.8, 4) is 22.5 Å². The molecule has 174 valence electrons. The van der Waals surface area contributed by atoms with Gasteiger partial charge < -0.3 is 10.2 Å². The molecule has 0 spiro atoms. The maximum Gasteiger partial charge on any atom is 0.251 e. The average Bonchev–Trinajstić information content (AvgIpc) is 3.37. The van der Waals surface area contributed by atoms with Crippen LogP contribution in [0.15, 0.2) is 72.8 Å².